The van der Waals surface area contributed by atoms with Crippen LogP contribution in [0.1, 0.15) is 112 Å². The van der Waals surface area contributed by atoms with Crippen LogP contribution < -0.4 is 4.90 Å². The van der Waals surface area contributed by atoms with Gasteiger partial charge in [-0.15, -0.1) is 0 Å². The molecule has 0 aliphatic heterocycles. The molecule has 5 aromatic rings. The van der Waals surface area contributed by atoms with E-state index in [0.717, 1.165) is 17.8 Å². The minimum Gasteiger partial charge on any atom is -0.310 e. The van der Waals surface area contributed by atoms with Gasteiger partial charge in [0.05, 0.1) is 0 Å². The molecule has 1 nitrogen and oxygen atoms in total. The molecular weight excluding hydrogens is 579 g/mol. The Morgan fingerprint density at radius 1 is 0.521 bits per heavy atom. The van der Waals surface area contributed by atoms with Crippen molar-refractivity contribution in [3.05, 3.63) is 138 Å². The number of hydrogen-bond donors (Lipinski definition) is 0. The Balaban J connectivity index is 1.10. The Morgan fingerprint density at radius 2 is 1.19 bits per heavy atom. The van der Waals surface area contributed by atoms with Gasteiger partial charge in [-0.05, 0) is 143 Å². The second-order valence-corrected chi connectivity index (χ2v) is 16.0. The van der Waals surface area contributed by atoms with Crippen molar-refractivity contribution < 1.29 is 0 Å². The van der Waals surface area contributed by atoms with E-state index < -0.39 is 0 Å². The van der Waals surface area contributed by atoms with E-state index in [1.54, 1.807) is 5.56 Å². The van der Waals surface area contributed by atoms with Gasteiger partial charge in [-0.3, -0.25) is 0 Å². The number of anilines is 3. The van der Waals surface area contributed by atoms with E-state index in [2.05, 4.69) is 134 Å². The molecular formula is C47H49N. The Bertz CT molecular complexity index is 1900. The molecule has 0 heterocycles. The molecule has 1 heteroatoms. The van der Waals surface area contributed by atoms with Gasteiger partial charge in [-0.25, -0.2) is 0 Å². The average Bonchev–Trinajstić information content (AvgIpc) is 3.38. The molecule has 0 N–H and O–H groups in total. The molecule has 0 amide bonds. The van der Waals surface area contributed by atoms with Crippen LogP contribution in [-0.4, -0.2) is 0 Å². The monoisotopic (exact) mass is 627 g/mol. The minimum atomic E-state index is -0.0729. The highest BCUT2D eigenvalue weighted by molar-refractivity contribution is 5.87. The van der Waals surface area contributed by atoms with Gasteiger partial charge in [0.15, 0.2) is 0 Å². The molecule has 242 valence electrons. The Morgan fingerprint density at radius 3 is 1.85 bits per heavy atom. The summed E-state index contributed by atoms with van der Waals surface area (Å²) >= 11 is 0. The molecule has 1 atom stereocenters. The third-order valence-electron chi connectivity index (χ3n) is 12.9. The Labute approximate surface area is 288 Å². The zero-order valence-corrected chi connectivity index (χ0v) is 28.8. The molecule has 0 saturated heterocycles. The molecule has 10 rings (SSSR count). The summed E-state index contributed by atoms with van der Waals surface area (Å²) in [5.41, 5.74) is 14.9. The molecule has 5 aliphatic rings. The van der Waals surface area contributed by atoms with Gasteiger partial charge in [-0.1, -0.05) is 119 Å². The lowest BCUT2D eigenvalue weighted by atomic mass is 9.63. The fraction of sp³-hybridized carbons (Fsp3) is 0.362. The molecule has 0 aromatic heterocycles. The molecule has 2 bridgehead atoms. The third kappa shape index (κ3) is 5.22. The molecule has 5 aromatic carbocycles. The highest BCUT2D eigenvalue weighted by Crippen LogP contribution is 2.53. The van der Waals surface area contributed by atoms with Gasteiger partial charge < -0.3 is 4.90 Å². The summed E-state index contributed by atoms with van der Waals surface area (Å²) in [4.78, 5) is 2.51. The van der Waals surface area contributed by atoms with Crippen molar-refractivity contribution in [1.82, 2.24) is 0 Å². The van der Waals surface area contributed by atoms with Crippen molar-refractivity contribution in [2.45, 2.75) is 95.3 Å². The summed E-state index contributed by atoms with van der Waals surface area (Å²) in [7, 11) is 0. The predicted molar refractivity (Wildman–Crippen MR) is 203 cm³/mol. The van der Waals surface area contributed by atoms with Crippen LogP contribution >= 0.6 is 0 Å². The van der Waals surface area contributed by atoms with Crippen molar-refractivity contribution in [3.63, 3.8) is 0 Å². The van der Waals surface area contributed by atoms with Crippen LogP contribution in [0, 0.1) is 11.8 Å². The summed E-state index contributed by atoms with van der Waals surface area (Å²) in [5.74, 6) is 3.29. The number of fused-ring (bicyclic) bond motifs is 6. The average molecular weight is 628 g/mol. The van der Waals surface area contributed by atoms with E-state index in [9.17, 15) is 0 Å². The predicted octanol–water partition coefficient (Wildman–Crippen LogP) is 13.5. The van der Waals surface area contributed by atoms with E-state index in [4.69, 9.17) is 0 Å². The number of benzene rings is 5. The van der Waals surface area contributed by atoms with Crippen LogP contribution in [0.25, 0.3) is 22.3 Å². The quantitative estimate of drug-likeness (QED) is 0.181. The summed E-state index contributed by atoms with van der Waals surface area (Å²) in [6, 6.07) is 44.5. The highest BCUT2D eigenvalue weighted by atomic mass is 15.1. The van der Waals surface area contributed by atoms with Crippen LogP contribution in [0.3, 0.4) is 0 Å². The molecule has 0 spiro atoms. The Kier molecular flexibility index (Phi) is 7.56. The van der Waals surface area contributed by atoms with E-state index >= 15 is 0 Å². The first kappa shape index (κ1) is 30.0. The van der Waals surface area contributed by atoms with E-state index in [0.29, 0.717) is 5.92 Å². The molecule has 0 radical (unpaired) electrons. The van der Waals surface area contributed by atoms with Crippen LogP contribution in [-0.2, 0) is 5.41 Å². The molecule has 48 heavy (non-hydrogen) atoms. The zero-order valence-electron chi connectivity index (χ0n) is 28.8. The van der Waals surface area contributed by atoms with E-state index in [-0.39, 0.29) is 5.41 Å². The highest BCUT2D eigenvalue weighted by Gasteiger charge is 2.37. The number of rotatable bonds is 6. The number of hydrogen-bond acceptors (Lipinski definition) is 1. The zero-order chi connectivity index (χ0) is 32.2. The first-order valence-corrected chi connectivity index (χ1v) is 18.9. The number of nitrogens with zero attached hydrogens (tertiary/aromatic N) is 1. The van der Waals surface area contributed by atoms with Crippen LogP contribution in [0.2, 0.25) is 0 Å². The lowest BCUT2D eigenvalue weighted by molar-refractivity contribution is 0.145. The second kappa shape index (κ2) is 12.1. The normalized spacial score (nSPS) is 22.7. The van der Waals surface area contributed by atoms with Gasteiger partial charge in [-0.2, -0.15) is 0 Å². The second-order valence-electron chi connectivity index (χ2n) is 16.0. The van der Waals surface area contributed by atoms with Crippen molar-refractivity contribution in [2.75, 3.05) is 4.90 Å². The van der Waals surface area contributed by atoms with Gasteiger partial charge in [0, 0.05) is 22.5 Å². The Hall–Kier alpha value is -4.10. The lowest BCUT2D eigenvalue weighted by Crippen LogP contribution is -2.29. The molecule has 1 unspecified atom stereocenters. The topological polar surface area (TPSA) is 3.24 Å². The summed E-state index contributed by atoms with van der Waals surface area (Å²) < 4.78 is 0. The van der Waals surface area contributed by atoms with E-state index in [1.807, 2.05) is 0 Å². The first-order chi connectivity index (χ1) is 23.5. The maximum atomic E-state index is 2.51. The van der Waals surface area contributed by atoms with Crippen molar-refractivity contribution in [3.8, 4) is 22.3 Å². The molecule has 4 saturated carbocycles. The van der Waals surface area contributed by atoms with Crippen molar-refractivity contribution in [2.24, 2.45) is 11.8 Å². The maximum absolute atomic E-state index is 2.51. The largest absolute Gasteiger partial charge is 0.310 e. The summed E-state index contributed by atoms with van der Waals surface area (Å²) in [5, 5.41) is 0. The van der Waals surface area contributed by atoms with Crippen molar-refractivity contribution in [1.29, 1.82) is 0 Å². The van der Waals surface area contributed by atoms with Crippen molar-refractivity contribution >= 4 is 17.1 Å². The molecule has 4 fully saturated rings. The van der Waals surface area contributed by atoms with E-state index in [1.165, 1.54) is 120 Å². The smallest absolute Gasteiger partial charge is 0.0465 e. The SMILES string of the molecule is CC1(C)c2ccc(-c3ccccc3)cc2-c2ccc(N(c3ccc(C4CCCCC4)cc3)c3ccc(C4CC5CCC4CC5)cc3)cc21. The fourth-order valence-corrected chi connectivity index (χ4v) is 10.1. The van der Waals surface area contributed by atoms with Gasteiger partial charge in [0.2, 0.25) is 0 Å². The maximum Gasteiger partial charge on any atom is 0.0465 e. The third-order valence-corrected chi connectivity index (χ3v) is 12.9. The molecule has 5 aliphatic carbocycles. The van der Waals surface area contributed by atoms with Crippen LogP contribution in [0.15, 0.2) is 115 Å². The van der Waals surface area contributed by atoms with Crippen LogP contribution in [0.5, 0.6) is 0 Å². The van der Waals surface area contributed by atoms with Gasteiger partial charge in [0.25, 0.3) is 0 Å². The van der Waals surface area contributed by atoms with Gasteiger partial charge in [0.1, 0.15) is 0 Å². The lowest BCUT2D eigenvalue weighted by Gasteiger charge is -2.42. The standard InChI is InChI=1S/C47H49N/c1-47(2)45-28-21-38(34-11-7-4-8-12-34)30-44(45)42-27-26-41(31-46(42)47)48(39-22-17-35(18-23-39)33-9-5-3-6-10-33)40-24-19-37(20-25-40)43-29-32-13-15-36(43)16-14-32/h4,7-8,11-12,17-28,30-33,36,43H,3,5-6,9-10,13-16,29H2,1-2H3. The fourth-order valence-electron chi connectivity index (χ4n) is 10.1. The van der Waals surface area contributed by atoms with Crippen LogP contribution in [0.4, 0.5) is 17.1 Å². The summed E-state index contributed by atoms with van der Waals surface area (Å²) in [6.07, 6.45) is 14.0. The van der Waals surface area contributed by atoms with Gasteiger partial charge >= 0.3 is 0 Å². The summed E-state index contributed by atoms with van der Waals surface area (Å²) in [6.45, 7) is 4.80. The first-order valence-electron chi connectivity index (χ1n) is 18.9. The minimum absolute atomic E-state index is 0.0729.